The van der Waals surface area contributed by atoms with Crippen LogP contribution < -0.4 is 4.72 Å². The van der Waals surface area contributed by atoms with Gasteiger partial charge in [0.2, 0.25) is 5.05 Å². The summed E-state index contributed by atoms with van der Waals surface area (Å²) in [5.41, 5.74) is 3.80. The van der Waals surface area contributed by atoms with E-state index in [2.05, 4.69) is 16.2 Å². The Morgan fingerprint density at radius 3 is 2.43 bits per heavy atom. The summed E-state index contributed by atoms with van der Waals surface area (Å²) >= 11 is 5.50. The van der Waals surface area contributed by atoms with Crippen LogP contribution in [0.3, 0.4) is 0 Å². The van der Waals surface area contributed by atoms with Crippen LogP contribution in [0.2, 0.25) is 0 Å². The number of carbonyl (C=O) groups excluding carboxylic acids is 1. The van der Waals surface area contributed by atoms with Crippen LogP contribution >= 0.6 is 12.2 Å². The number of imidazole rings is 1. The normalized spacial score (nSPS) is 11.2. The second kappa shape index (κ2) is 11.5. The lowest BCUT2D eigenvalue weighted by molar-refractivity contribution is 0.177. The van der Waals surface area contributed by atoms with E-state index in [0.717, 1.165) is 42.7 Å². The van der Waals surface area contributed by atoms with Gasteiger partial charge in [-0.25, -0.2) is 22.9 Å². The molecule has 35 heavy (non-hydrogen) atoms. The summed E-state index contributed by atoms with van der Waals surface area (Å²) in [4.78, 5) is 16.2. The number of ether oxygens (including phenoxy) is 2. The summed E-state index contributed by atoms with van der Waals surface area (Å²) in [7, 11) is -3.00. The quantitative estimate of drug-likeness (QED) is 0.415. The first-order chi connectivity index (χ1) is 16.7. The second-order valence-electron chi connectivity index (χ2n) is 7.81. The first-order valence-electron chi connectivity index (χ1n) is 11.2. The molecule has 0 aliphatic heterocycles. The molecule has 0 saturated heterocycles. The molecule has 0 spiro atoms. The third-order valence-electron chi connectivity index (χ3n) is 5.35. The minimum absolute atomic E-state index is 0.0158. The lowest BCUT2D eigenvalue weighted by atomic mass is 10.0. The van der Waals surface area contributed by atoms with Gasteiger partial charge < -0.3 is 14.0 Å². The predicted molar refractivity (Wildman–Crippen MR) is 138 cm³/mol. The summed E-state index contributed by atoms with van der Waals surface area (Å²) in [6.45, 7) is 6.95. The molecule has 8 nitrogen and oxygen atoms in total. The molecule has 10 heteroatoms. The van der Waals surface area contributed by atoms with Gasteiger partial charge in [-0.2, -0.15) is 0 Å². The van der Waals surface area contributed by atoms with Crippen molar-refractivity contribution in [2.75, 3.05) is 13.7 Å². The molecule has 0 bridgehead atoms. The highest BCUT2D eigenvalue weighted by Gasteiger charge is 2.22. The van der Waals surface area contributed by atoms with E-state index in [1.807, 2.05) is 42.8 Å². The first kappa shape index (κ1) is 26.4. The van der Waals surface area contributed by atoms with E-state index in [1.165, 1.54) is 6.07 Å². The topological polar surface area (TPSA) is 99.5 Å². The SMILES string of the molecule is CCCc1nc(C)c(C(=S)OCC)n1Cc1ccc(-c2ccccc2S(=O)(=O)NC(=O)OC)cc1. The van der Waals surface area contributed by atoms with Gasteiger partial charge in [0.25, 0.3) is 10.0 Å². The molecule has 2 aromatic carbocycles. The van der Waals surface area contributed by atoms with Gasteiger partial charge in [0.15, 0.2) is 0 Å². The van der Waals surface area contributed by atoms with Crippen molar-refractivity contribution in [1.82, 2.24) is 14.3 Å². The maximum absolute atomic E-state index is 12.7. The van der Waals surface area contributed by atoms with Crippen molar-refractivity contribution in [2.24, 2.45) is 0 Å². The van der Waals surface area contributed by atoms with Gasteiger partial charge in [-0.3, -0.25) is 0 Å². The Morgan fingerprint density at radius 2 is 1.80 bits per heavy atom. The molecule has 0 atom stereocenters. The zero-order chi connectivity index (χ0) is 25.6. The minimum Gasteiger partial charge on any atom is -0.482 e. The summed E-state index contributed by atoms with van der Waals surface area (Å²) in [6.07, 6.45) is 0.710. The Balaban J connectivity index is 1.95. The van der Waals surface area contributed by atoms with Crippen molar-refractivity contribution in [3.63, 3.8) is 0 Å². The third kappa shape index (κ3) is 6.07. The number of sulfonamides is 1. The number of amides is 1. The molecule has 3 aromatic rings. The Hall–Kier alpha value is -3.24. The molecule has 0 fully saturated rings. The highest BCUT2D eigenvalue weighted by molar-refractivity contribution is 7.90. The highest BCUT2D eigenvalue weighted by Crippen LogP contribution is 2.28. The van der Waals surface area contributed by atoms with Crippen molar-refractivity contribution in [3.05, 3.63) is 71.3 Å². The number of carbonyl (C=O) groups is 1. The molecular formula is C25H29N3O5S2. The maximum Gasteiger partial charge on any atom is 0.420 e. The molecule has 0 saturated carbocycles. The standard InChI is InChI=1S/C25H29N3O5S2/c1-5-9-22-26-17(3)23(24(34)33-6-2)28(22)16-18-12-14-19(15-13-18)20-10-7-8-11-21(20)35(30,31)27-25(29)32-4/h7-8,10-15H,5-6,9,16H2,1-4H3,(H,27,29). The van der Waals surface area contributed by atoms with Gasteiger partial charge in [0.1, 0.15) is 11.5 Å². The first-order valence-corrected chi connectivity index (χ1v) is 13.1. The largest absolute Gasteiger partial charge is 0.482 e. The minimum atomic E-state index is -4.10. The molecule has 0 aliphatic carbocycles. The van der Waals surface area contributed by atoms with Crippen LogP contribution in [-0.2, 0) is 32.5 Å². The molecule has 1 aromatic heterocycles. The number of methoxy groups -OCH3 is 1. The molecule has 1 amide bonds. The van der Waals surface area contributed by atoms with Crippen LogP contribution in [0.25, 0.3) is 11.1 Å². The van der Waals surface area contributed by atoms with Gasteiger partial charge in [0.05, 0.1) is 24.3 Å². The van der Waals surface area contributed by atoms with E-state index in [4.69, 9.17) is 21.9 Å². The summed E-state index contributed by atoms with van der Waals surface area (Å²) in [6, 6.07) is 14.1. The average Bonchev–Trinajstić information content (AvgIpc) is 3.14. The molecule has 0 aliphatic rings. The number of hydrogen-bond donors (Lipinski definition) is 1. The number of hydrogen-bond acceptors (Lipinski definition) is 7. The van der Waals surface area contributed by atoms with E-state index in [-0.39, 0.29) is 4.90 Å². The number of nitrogens with one attached hydrogen (secondary N) is 1. The fourth-order valence-corrected chi connectivity index (χ4v) is 5.31. The number of rotatable bonds is 9. The van der Waals surface area contributed by atoms with E-state index < -0.39 is 16.1 Å². The lowest BCUT2D eigenvalue weighted by Gasteiger charge is -2.14. The van der Waals surface area contributed by atoms with E-state index in [0.29, 0.717) is 29.3 Å². The smallest absolute Gasteiger partial charge is 0.420 e. The second-order valence-corrected chi connectivity index (χ2v) is 9.83. The lowest BCUT2D eigenvalue weighted by Crippen LogP contribution is -2.30. The molecule has 1 heterocycles. The Labute approximate surface area is 211 Å². The zero-order valence-corrected chi connectivity index (χ0v) is 21.8. The van der Waals surface area contributed by atoms with Crippen LogP contribution in [0.5, 0.6) is 0 Å². The average molecular weight is 516 g/mol. The van der Waals surface area contributed by atoms with Gasteiger partial charge >= 0.3 is 6.09 Å². The fourth-order valence-electron chi connectivity index (χ4n) is 3.79. The van der Waals surface area contributed by atoms with Gasteiger partial charge in [-0.1, -0.05) is 49.4 Å². The number of thiocarbonyl (C=S) groups is 1. The third-order valence-corrected chi connectivity index (χ3v) is 7.03. The summed E-state index contributed by atoms with van der Waals surface area (Å²) in [5.74, 6) is 0.941. The Morgan fingerprint density at radius 1 is 1.11 bits per heavy atom. The molecule has 0 radical (unpaired) electrons. The predicted octanol–water partition coefficient (Wildman–Crippen LogP) is 4.62. The maximum atomic E-state index is 12.7. The van der Waals surface area contributed by atoms with Gasteiger partial charge in [-0.15, -0.1) is 0 Å². The van der Waals surface area contributed by atoms with E-state index in [9.17, 15) is 13.2 Å². The number of benzene rings is 2. The highest BCUT2D eigenvalue weighted by atomic mass is 32.2. The van der Waals surface area contributed by atoms with Crippen LogP contribution in [-0.4, -0.2) is 42.8 Å². The Kier molecular flexibility index (Phi) is 8.63. The van der Waals surface area contributed by atoms with Crippen LogP contribution in [0.1, 0.15) is 43.0 Å². The number of aromatic nitrogens is 2. The monoisotopic (exact) mass is 515 g/mol. The van der Waals surface area contributed by atoms with Crippen molar-refractivity contribution in [3.8, 4) is 11.1 Å². The molecule has 0 unspecified atom stereocenters. The summed E-state index contributed by atoms with van der Waals surface area (Å²) < 4.78 is 39.5. The van der Waals surface area contributed by atoms with Crippen LogP contribution in [0.15, 0.2) is 53.4 Å². The van der Waals surface area contributed by atoms with Crippen LogP contribution in [0.4, 0.5) is 4.79 Å². The van der Waals surface area contributed by atoms with E-state index >= 15 is 0 Å². The van der Waals surface area contributed by atoms with Crippen molar-refractivity contribution in [1.29, 1.82) is 0 Å². The summed E-state index contributed by atoms with van der Waals surface area (Å²) in [5, 5.41) is 0.425. The fraction of sp³-hybridized carbons (Fsp3) is 0.320. The van der Waals surface area contributed by atoms with Gasteiger partial charge in [-0.05, 0) is 49.7 Å². The number of aryl methyl sites for hydroxylation is 2. The molecule has 186 valence electrons. The zero-order valence-electron chi connectivity index (χ0n) is 20.2. The van der Waals surface area contributed by atoms with Crippen LogP contribution in [0, 0.1) is 6.92 Å². The van der Waals surface area contributed by atoms with E-state index in [1.54, 1.807) is 18.2 Å². The van der Waals surface area contributed by atoms with Crippen molar-refractivity contribution in [2.45, 2.75) is 45.1 Å². The van der Waals surface area contributed by atoms with Gasteiger partial charge in [0, 0.05) is 18.5 Å². The Bertz CT molecular complexity index is 1320. The van der Waals surface area contributed by atoms with Crippen molar-refractivity contribution < 1.29 is 22.7 Å². The molecule has 1 N–H and O–H groups in total. The van der Waals surface area contributed by atoms with Crippen molar-refractivity contribution >= 4 is 33.4 Å². The molecule has 3 rings (SSSR count). The molecular weight excluding hydrogens is 486 g/mol. The number of nitrogens with zero attached hydrogens (tertiary/aromatic N) is 2.